The second-order valence-electron chi connectivity index (χ2n) is 4.88. The molecule has 1 saturated carbocycles. The summed E-state index contributed by atoms with van der Waals surface area (Å²) in [6, 6.07) is 8.43. The normalized spacial score (nSPS) is 18.5. The Morgan fingerprint density at radius 1 is 1.12 bits per heavy atom. The molecule has 0 bridgehead atoms. The van der Waals surface area contributed by atoms with Crippen molar-refractivity contribution >= 4 is 24.0 Å². The highest BCUT2D eigenvalue weighted by atomic mass is 35.5. The molecule has 1 aromatic rings. The molecule has 1 aromatic carbocycles. The van der Waals surface area contributed by atoms with E-state index in [1.807, 2.05) is 19.2 Å². The zero-order valence-electron chi connectivity index (χ0n) is 10.3. The lowest BCUT2D eigenvalue weighted by molar-refractivity contribution is 0.286. The molecule has 1 N–H and O–H groups in total. The van der Waals surface area contributed by atoms with Gasteiger partial charge in [0.25, 0.3) is 0 Å². The number of rotatable bonds is 3. The Morgan fingerprint density at radius 3 is 2.24 bits per heavy atom. The molecule has 0 aliphatic heterocycles. The van der Waals surface area contributed by atoms with Crippen LogP contribution in [-0.4, -0.2) is 13.6 Å². The summed E-state index contributed by atoms with van der Waals surface area (Å²) in [6.07, 6.45) is 6.69. The average Bonchev–Trinajstić information content (AvgIpc) is 2.31. The van der Waals surface area contributed by atoms with Crippen molar-refractivity contribution in [2.45, 2.75) is 37.5 Å². The standard InChI is InChI=1S/C14H20ClN.ClH/c1-16-11-14(9-3-2-4-10-14)12-5-7-13(15)8-6-12;/h5-8,16H,2-4,9-11H2,1H3;1H. The molecular formula is C14H21Cl2N. The number of benzene rings is 1. The Labute approximate surface area is 115 Å². The SMILES string of the molecule is CNCC1(c2ccc(Cl)cc2)CCCCC1.Cl. The van der Waals surface area contributed by atoms with Crippen molar-refractivity contribution in [1.29, 1.82) is 0 Å². The molecule has 0 radical (unpaired) electrons. The third-order valence-corrected chi connectivity index (χ3v) is 4.03. The number of hydrogen-bond donors (Lipinski definition) is 1. The smallest absolute Gasteiger partial charge is 0.0406 e. The van der Waals surface area contributed by atoms with Gasteiger partial charge in [0.05, 0.1) is 0 Å². The van der Waals surface area contributed by atoms with Crippen molar-refractivity contribution in [2.75, 3.05) is 13.6 Å². The number of nitrogens with one attached hydrogen (secondary N) is 1. The van der Waals surface area contributed by atoms with Crippen LogP contribution in [0.3, 0.4) is 0 Å². The van der Waals surface area contributed by atoms with Crippen LogP contribution in [0.5, 0.6) is 0 Å². The van der Waals surface area contributed by atoms with Crippen molar-refractivity contribution < 1.29 is 0 Å². The van der Waals surface area contributed by atoms with Crippen LogP contribution in [0.25, 0.3) is 0 Å². The minimum absolute atomic E-state index is 0. The zero-order chi connectivity index (χ0) is 11.4. The summed E-state index contributed by atoms with van der Waals surface area (Å²) < 4.78 is 0. The number of likely N-dealkylation sites (N-methyl/N-ethyl adjacent to an activating group) is 1. The highest BCUT2D eigenvalue weighted by Crippen LogP contribution is 2.39. The quantitative estimate of drug-likeness (QED) is 0.871. The molecule has 0 unspecified atom stereocenters. The third-order valence-electron chi connectivity index (χ3n) is 3.78. The molecule has 0 saturated heterocycles. The monoisotopic (exact) mass is 273 g/mol. The van der Waals surface area contributed by atoms with Crippen molar-refractivity contribution in [2.24, 2.45) is 0 Å². The van der Waals surface area contributed by atoms with Crippen molar-refractivity contribution in [3.8, 4) is 0 Å². The van der Waals surface area contributed by atoms with Gasteiger partial charge in [-0.05, 0) is 37.6 Å². The van der Waals surface area contributed by atoms with E-state index in [1.54, 1.807) is 0 Å². The van der Waals surface area contributed by atoms with E-state index < -0.39 is 0 Å². The first-order valence-electron chi connectivity index (χ1n) is 6.17. The van der Waals surface area contributed by atoms with Crippen molar-refractivity contribution in [3.63, 3.8) is 0 Å². The molecule has 1 aliphatic carbocycles. The Kier molecular flexibility index (Phi) is 5.78. The van der Waals surface area contributed by atoms with E-state index in [-0.39, 0.29) is 12.4 Å². The summed E-state index contributed by atoms with van der Waals surface area (Å²) in [5, 5.41) is 4.19. The largest absolute Gasteiger partial charge is 0.319 e. The molecule has 0 spiro atoms. The van der Waals surface area contributed by atoms with Crippen LogP contribution in [0.2, 0.25) is 5.02 Å². The number of hydrogen-bond acceptors (Lipinski definition) is 1. The van der Waals surface area contributed by atoms with E-state index in [0.29, 0.717) is 5.41 Å². The van der Waals surface area contributed by atoms with Gasteiger partial charge >= 0.3 is 0 Å². The van der Waals surface area contributed by atoms with E-state index in [9.17, 15) is 0 Å². The number of halogens is 2. The summed E-state index contributed by atoms with van der Waals surface area (Å²) in [6.45, 7) is 1.08. The fourth-order valence-electron chi connectivity index (χ4n) is 2.94. The van der Waals surface area contributed by atoms with Gasteiger partial charge in [-0.1, -0.05) is 43.0 Å². The molecule has 0 heterocycles. The average molecular weight is 274 g/mol. The first-order valence-corrected chi connectivity index (χ1v) is 6.55. The minimum atomic E-state index is 0. The lowest BCUT2D eigenvalue weighted by Crippen LogP contribution is -2.38. The van der Waals surface area contributed by atoms with Crippen LogP contribution in [0.4, 0.5) is 0 Å². The molecule has 3 heteroatoms. The maximum atomic E-state index is 5.96. The zero-order valence-corrected chi connectivity index (χ0v) is 11.9. The summed E-state index contributed by atoms with van der Waals surface area (Å²) in [4.78, 5) is 0. The van der Waals surface area contributed by atoms with Crippen LogP contribution >= 0.6 is 24.0 Å². The van der Waals surface area contributed by atoms with Gasteiger partial charge in [-0.3, -0.25) is 0 Å². The molecular weight excluding hydrogens is 253 g/mol. The van der Waals surface area contributed by atoms with Crippen LogP contribution in [0, 0.1) is 0 Å². The Morgan fingerprint density at radius 2 is 1.71 bits per heavy atom. The van der Waals surface area contributed by atoms with Crippen LogP contribution in [-0.2, 0) is 5.41 Å². The maximum Gasteiger partial charge on any atom is 0.0406 e. The molecule has 2 rings (SSSR count). The molecule has 1 fully saturated rings. The van der Waals surface area contributed by atoms with Gasteiger partial charge in [0.1, 0.15) is 0 Å². The van der Waals surface area contributed by atoms with Gasteiger partial charge in [0.2, 0.25) is 0 Å². The van der Waals surface area contributed by atoms with E-state index in [2.05, 4.69) is 17.4 Å². The highest BCUT2D eigenvalue weighted by Gasteiger charge is 2.32. The van der Waals surface area contributed by atoms with Gasteiger partial charge in [-0.2, -0.15) is 0 Å². The predicted molar refractivity (Wildman–Crippen MR) is 77.4 cm³/mol. The predicted octanol–water partition coefficient (Wildman–Crippen LogP) is 4.18. The fourth-order valence-corrected chi connectivity index (χ4v) is 3.06. The molecule has 1 nitrogen and oxygen atoms in total. The lowest BCUT2D eigenvalue weighted by Gasteiger charge is -2.38. The van der Waals surface area contributed by atoms with Crippen LogP contribution in [0.1, 0.15) is 37.7 Å². The van der Waals surface area contributed by atoms with Gasteiger partial charge < -0.3 is 5.32 Å². The topological polar surface area (TPSA) is 12.0 Å². The van der Waals surface area contributed by atoms with Crippen LogP contribution < -0.4 is 5.32 Å². The van der Waals surface area contributed by atoms with E-state index >= 15 is 0 Å². The Balaban J connectivity index is 0.00000144. The molecule has 0 aromatic heterocycles. The Bertz CT molecular complexity index is 323. The lowest BCUT2D eigenvalue weighted by atomic mass is 9.69. The Hall–Kier alpha value is -0.240. The highest BCUT2D eigenvalue weighted by molar-refractivity contribution is 6.30. The molecule has 0 atom stereocenters. The molecule has 96 valence electrons. The second kappa shape index (κ2) is 6.63. The summed E-state index contributed by atoms with van der Waals surface area (Å²) in [5.74, 6) is 0. The van der Waals surface area contributed by atoms with Gasteiger partial charge in [0, 0.05) is 17.0 Å². The molecule has 1 aliphatic rings. The summed E-state index contributed by atoms with van der Waals surface area (Å²) >= 11 is 5.96. The molecule has 0 amide bonds. The summed E-state index contributed by atoms with van der Waals surface area (Å²) in [7, 11) is 2.05. The third kappa shape index (κ3) is 3.37. The first-order chi connectivity index (χ1) is 7.77. The van der Waals surface area contributed by atoms with Crippen molar-refractivity contribution in [3.05, 3.63) is 34.9 Å². The fraction of sp³-hybridized carbons (Fsp3) is 0.571. The van der Waals surface area contributed by atoms with E-state index in [1.165, 1.54) is 37.7 Å². The van der Waals surface area contributed by atoms with Gasteiger partial charge in [-0.15, -0.1) is 12.4 Å². The van der Waals surface area contributed by atoms with Gasteiger partial charge in [-0.25, -0.2) is 0 Å². The first kappa shape index (κ1) is 14.8. The summed E-state index contributed by atoms with van der Waals surface area (Å²) in [5.41, 5.74) is 1.79. The maximum absolute atomic E-state index is 5.96. The van der Waals surface area contributed by atoms with E-state index in [4.69, 9.17) is 11.6 Å². The van der Waals surface area contributed by atoms with E-state index in [0.717, 1.165) is 11.6 Å². The van der Waals surface area contributed by atoms with Gasteiger partial charge in [0.15, 0.2) is 0 Å². The van der Waals surface area contributed by atoms with Crippen molar-refractivity contribution in [1.82, 2.24) is 5.32 Å². The van der Waals surface area contributed by atoms with Crippen LogP contribution in [0.15, 0.2) is 24.3 Å². The molecule has 17 heavy (non-hydrogen) atoms. The second-order valence-corrected chi connectivity index (χ2v) is 5.31. The minimum Gasteiger partial charge on any atom is -0.319 e.